The van der Waals surface area contributed by atoms with E-state index in [-0.39, 0.29) is 11.3 Å². The number of phenols is 1. The van der Waals surface area contributed by atoms with Crippen LogP contribution in [0, 0.1) is 0 Å². The van der Waals surface area contributed by atoms with E-state index in [1.54, 1.807) is 36.4 Å². The molecule has 2 N–H and O–H groups in total. The highest BCUT2D eigenvalue weighted by Gasteiger charge is 2.15. The Morgan fingerprint density at radius 2 is 1.53 bits per heavy atom. The van der Waals surface area contributed by atoms with E-state index in [1.807, 2.05) is 0 Å². The molecule has 0 unspecified atom stereocenters. The molecule has 0 fully saturated rings. The van der Waals surface area contributed by atoms with Gasteiger partial charge in [0.1, 0.15) is 5.75 Å². The first kappa shape index (κ1) is 11.2. The number of hydrogen-bond acceptors (Lipinski definition) is 4. The van der Waals surface area contributed by atoms with Gasteiger partial charge in [0.2, 0.25) is 0 Å². The number of para-hydroxylation sites is 1. The Kier molecular flexibility index (Phi) is 3.07. The standard InChI is InChI=1S/C13H10O4/c14-12-8-4-3-6-10(12)9-5-1-2-7-11(9)13(15)17-16/h1-8,14,16H. The van der Waals surface area contributed by atoms with Gasteiger partial charge in [-0.05, 0) is 17.7 Å². The van der Waals surface area contributed by atoms with E-state index < -0.39 is 5.97 Å². The zero-order valence-electron chi connectivity index (χ0n) is 8.83. The third-order valence-electron chi connectivity index (χ3n) is 2.42. The van der Waals surface area contributed by atoms with Gasteiger partial charge in [0.05, 0.1) is 5.56 Å². The van der Waals surface area contributed by atoms with Crippen LogP contribution >= 0.6 is 0 Å². The molecule has 17 heavy (non-hydrogen) atoms. The Bertz CT molecular complexity index is 549. The number of rotatable bonds is 2. The Labute approximate surface area is 97.6 Å². The van der Waals surface area contributed by atoms with E-state index in [0.717, 1.165) is 0 Å². The van der Waals surface area contributed by atoms with Crippen LogP contribution in [0.5, 0.6) is 5.75 Å². The monoisotopic (exact) mass is 230 g/mol. The van der Waals surface area contributed by atoms with E-state index in [2.05, 4.69) is 4.89 Å². The fourth-order valence-corrected chi connectivity index (χ4v) is 1.65. The summed E-state index contributed by atoms with van der Waals surface area (Å²) in [7, 11) is 0. The average Bonchev–Trinajstić information content (AvgIpc) is 2.38. The van der Waals surface area contributed by atoms with Crippen molar-refractivity contribution in [1.29, 1.82) is 0 Å². The van der Waals surface area contributed by atoms with Crippen molar-refractivity contribution in [1.82, 2.24) is 0 Å². The average molecular weight is 230 g/mol. The molecule has 0 atom stereocenters. The van der Waals surface area contributed by atoms with Crippen molar-refractivity contribution < 1.29 is 20.0 Å². The first-order chi connectivity index (χ1) is 8.24. The van der Waals surface area contributed by atoms with Gasteiger partial charge in [-0.1, -0.05) is 36.4 Å². The van der Waals surface area contributed by atoms with E-state index in [4.69, 9.17) is 5.26 Å². The summed E-state index contributed by atoms with van der Waals surface area (Å²) >= 11 is 0. The van der Waals surface area contributed by atoms with Gasteiger partial charge in [-0.25, -0.2) is 4.79 Å². The largest absolute Gasteiger partial charge is 0.507 e. The molecule has 2 rings (SSSR count). The molecule has 0 amide bonds. The quantitative estimate of drug-likeness (QED) is 0.614. The molecule has 0 aromatic heterocycles. The fraction of sp³-hybridized carbons (Fsp3) is 0. The van der Waals surface area contributed by atoms with Crippen molar-refractivity contribution in [2.24, 2.45) is 0 Å². The summed E-state index contributed by atoms with van der Waals surface area (Å²) in [4.78, 5) is 15.1. The van der Waals surface area contributed by atoms with Crippen molar-refractivity contribution in [3.05, 3.63) is 54.1 Å². The minimum Gasteiger partial charge on any atom is -0.507 e. The lowest BCUT2D eigenvalue weighted by Crippen LogP contribution is -2.03. The SMILES string of the molecule is O=C(OO)c1ccccc1-c1ccccc1O. The molecule has 4 heteroatoms. The van der Waals surface area contributed by atoms with Crippen LogP contribution in [-0.2, 0) is 4.89 Å². The molecule has 0 aliphatic heterocycles. The van der Waals surface area contributed by atoms with Crippen LogP contribution in [0.15, 0.2) is 48.5 Å². The first-order valence-corrected chi connectivity index (χ1v) is 4.97. The van der Waals surface area contributed by atoms with Gasteiger partial charge in [-0.15, -0.1) is 0 Å². The van der Waals surface area contributed by atoms with Crippen LogP contribution in [0.25, 0.3) is 11.1 Å². The Morgan fingerprint density at radius 3 is 2.18 bits per heavy atom. The second kappa shape index (κ2) is 4.67. The number of carbonyl (C=O) groups is 1. The van der Waals surface area contributed by atoms with E-state index in [0.29, 0.717) is 11.1 Å². The molecule has 0 aliphatic carbocycles. The van der Waals surface area contributed by atoms with Crippen molar-refractivity contribution in [3.8, 4) is 16.9 Å². The third-order valence-corrected chi connectivity index (χ3v) is 2.42. The van der Waals surface area contributed by atoms with Gasteiger partial charge in [-0.2, -0.15) is 5.26 Å². The molecule has 2 aromatic rings. The molecule has 2 aromatic carbocycles. The lowest BCUT2D eigenvalue weighted by Gasteiger charge is -2.08. The van der Waals surface area contributed by atoms with Crippen molar-refractivity contribution in [2.45, 2.75) is 0 Å². The highest BCUT2D eigenvalue weighted by Crippen LogP contribution is 2.31. The summed E-state index contributed by atoms with van der Waals surface area (Å²) in [6.45, 7) is 0. The van der Waals surface area contributed by atoms with Gasteiger partial charge >= 0.3 is 5.97 Å². The highest BCUT2D eigenvalue weighted by atomic mass is 17.1. The van der Waals surface area contributed by atoms with Crippen LogP contribution in [0.1, 0.15) is 10.4 Å². The summed E-state index contributed by atoms with van der Waals surface area (Å²) in [6, 6.07) is 13.2. The Balaban J connectivity index is 2.60. The zero-order chi connectivity index (χ0) is 12.3. The minimum absolute atomic E-state index is 0.0608. The molecule has 0 radical (unpaired) electrons. The van der Waals surface area contributed by atoms with E-state index >= 15 is 0 Å². The van der Waals surface area contributed by atoms with Crippen LogP contribution in [-0.4, -0.2) is 16.3 Å². The molecule has 0 saturated carbocycles. The fourth-order valence-electron chi connectivity index (χ4n) is 1.65. The molecule has 0 bridgehead atoms. The van der Waals surface area contributed by atoms with Crippen LogP contribution in [0.3, 0.4) is 0 Å². The van der Waals surface area contributed by atoms with Gasteiger partial charge < -0.3 is 5.11 Å². The summed E-state index contributed by atoms with van der Waals surface area (Å²) in [5.74, 6) is -0.797. The molecule has 0 saturated heterocycles. The number of carbonyl (C=O) groups excluding carboxylic acids is 1. The smallest absolute Gasteiger partial charge is 0.373 e. The second-order valence-corrected chi connectivity index (χ2v) is 3.44. The summed E-state index contributed by atoms with van der Waals surface area (Å²) in [5.41, 5.74) is 1.20. The maximum absolute atomic E-state index is 11.4. The van der Waals surface area contributed by atoms with Gasteiger partial charge in [0, 0.05) is 5.56 Å². The first-order valence-electron chi connectivity index (χ1n) is 4.97. The van der Waals surface area contributed by atoms with Gasteiger partial charge in [-0.3, -0.25) is 4.89 Å². The molecule has 0 heterocycles. The van der Waals surface area contributed by atoms with Crippen molar-refractivity contribution in [3.63, 3.8) is 0 Å². The van der Waals surface area contributed by atoms with Gasteiger partial charge in [0.25, 0.3) is 0 Å². The molecule has 86 valence electrons. The predicted octanol–water partition coefficient (Wildman–Crippen LogP) is 2.69. The minimum atomic E-state index is -0.858. The molecule has 0 spiro atoms. The maximum atomic E-state index is 11.4. The number of aromatic hydroxyl groups is 1. The second-order valence-electron chi connectivity index (χ2n) is 3.44. The molecule has 4 nitrogen and oxygen atoms in total. The Hall–Kier alpha value is -2.33. The summed E-state index contributed by atoms with van der Waals surface area (Å²) in [6.07, 6.45) is 0. The highest BCUT2D eigenvalue weighted by molar-refractivity contribution is 5.97. The van der Waals surface area contributed by atoms with Crippen molar-refractivity contribution in [2.75, 3.05) is 0 Å². The summed E-state index contributed by atoms with van der Waals surface area (Å²) in [5, 5.41) is 18.1. The van der Waals surface area contributed by atoms with Gasteiger partial charge in [0.15, 0.2) is 0 Å². The van der Waals surface area contributed by atoms with Crippen LogP contribution < -0.4 is 0 Å². The van der Waals surface area contributed by atoms with Crippen LogP contribution in [0.2, 0.25) is 0 Å². The van der Waals surface area contributed by atoms with Crippen molar-refractivity contribution >= 4 is 5.97 Å². The normalized spacial score (nSPS) is 9.94. The summed E-state index contributed by atoms with van der Waals surface area (Å²) < 4.78 is 0. The lowest BCUT2D eigenvalue weighted by molar-refractivity contribution is -0.182. The number of benzene rings is 2. The topological polar surface area (TPSA) is 66.8 Å². The zero-order valence-corrected chi connectivity index (χ0v) is 8.83. The van der Waals surface area contributed by atoms with E-state index in [9.17, 15) is 9.90 Å². The third kappa shape index (κ3) is 2.11. The maximum Gasteiger partial charge on any atom is 0.373 e. The molecule has 0 aliphatic rings. The number of phenolic OH excluding ortho intramolecular Hbond substituents is 1. The molecular formula is C13H10O4. The predicted molar refractivity (Wildman–Crippen MR) is 61.6 cm³/mol. The van der Waals surface area contributed by atoms with Crippen LogP contribution in [0.4, 0.5) is 0 Å². The lowest BCUT2D eigenvalue weighted by atomic mass is 9.99. The van der Waals surface area contributed by atoms with E-state index in [1.165, 1.54) is 12.1 Å². The number of hydrogen-bond donors (Lipinski definition) is 2. The molecular weight excluding hydrogens is 220 g/mol. The Morgan fingerprint density at radius 1 is 0.941 bits per heavy atom.